The molecule has 2 N–H and O–H groups in total. The van der Waals surface area contributed by atoms with E-state index < -0.39 is 11.4 Å². The summed E-state index contributed by atoms with van der Waals surface area (Å²) in [6, 6.07) is 0. The molecule has 4 nitrogen and oxygen atoms in total. The zero-order chi connectivity index (χ0) is 14.3. The molecule has 1 saturated heterocycles. The van der Waals surface area contributed by atoms with Crippen LogP contribution < -0.4 is 5.32 Å². The summed E-state index contributed by atoms with van der Waals surface area (Å²) in [6.45, 7) is 8.40. The monoisotopic (exact) mass is 271 g/mol. The molecule has 0 spiro atoms. The summed E-state index contributed by atoms with van der Waals surface area (Å²) in [7, 11) is 0. The first-order valence-corrected chi connectivity index (χ1v) is 7.63. The van der Waals surface area contributed by atoms with Crippen molar-refractivity contribution < 1.29 is 14.6 Å². The smallest absolute Gasteiger partial charge is 0.310 e. The Morgan fingerprint density at radius 2 is 2.05 bits per heavy atom. The second-order valence-electron chi connectivity index (χ2n) is 5.71. The van der Waals surface area contributed by atoms with E-state index in [1.54, 1.807) is 0 Å². The molecule has 0 aliphatic carbocycles. The molecule has 1 heterocycles. The van der Waals surface area contributed by atoms with E-state index in [0.717, 1.165) is 32.4 Å². The Bertz CT molecular complexity index is 277. The molecule has 1 aliphatic rings. The first kappa shape index (κ1) is 16.4. The Hall–Kier alpha value is -0.610. The molecule has 0 aromatic carbocycles. The van der Waals surface area contributed by atoms with Gasteiger partial charge in [-0.25, -0.2) is 0 Å². The lowest BCUT2D eigenvalue weighted by Gasteiger charge is -2.31. The van der Waals surface area contributed by atoms with Gasteiger partial charge >= 0.3 is 5.97 Å². The predicted molar refractivity (Wildman–Crippen MR) is 76.3 cm³/mol. The third-order valence-corrected chi connectivity index (χ3v) is 4.63. The number of hydrogen-bond donors (Lipinski definition) is 2. The highest BCUT2D eigenvalue weighted by Crippen LogP contribution is 2.26. The van der Waals surface area contributed by atoms with Crippen molar-refractivity contribution in [1.82, 2.24) is 5.32 Å². The summed E-state index contributed by atoms with van der Waals surface area (Å²) in [5.74, 6) is -0.0534. The van der Waals surface area contributed by atoms with Crippen molar-refractivity contribution in [3.05, 3.63) is 0 Å². The van der Waals surface area contributed by atoms with Crippen LogP contribution in [0.4, 0.5) is 0 Å². The summed E-state index contributed by atoms with van der Waals surface area (Å²) < 4.78 is 5.66. The molecule has 0 aromatic rings. The molecule has 19 heavy (non-hydrogen) atoms. The van der Waals surface area contributed by atoms with Crippen LogP contribution in [0.15, 0.2) is 0 Å². The van der Waals surface area contributed by atoms with Gasteiger partial charge in [0.2, 0.25) is 0 Å². The van der Waals surface area contributed by atoms with Crippen molar-refractivity contribution in [2.75, 3.05) is 19.7 Å². The maximum Gasteiger partial charge on any atom is 0.310 e. The number of aliphatic carboxylic acids is 1. The van der Waals surface area contributed by atoms with Crippen LogP contribution in [0.5, 0.6) is 0 Å². The maximum absolute atomic E-state index is 11.4. The van der Waals surface area contributed by atoms with Gasteiger partial charge in [-0.3, -0.25) is 4.79 Å². The van der Waals surface area contributed by atoms with E-state index in [9.17, 15) is 9.90 Å². The fourth-order valence-corrected chi connectivity index (χ4v) is 2.82. The number of rotatable bonds is 8. The van der Waals surface area contributed by atoms with Gasteiger partial charge in [-0.05, 0) is 44.6 Å². The average Bonchev–Trinajstić information content (AvgIpc) is 2.44. The molecule has 1 rings (SSSR count). The molecule has 1 aliphatic heterocycles. The van der Waals surface area contributed by atoms with Crippen LogP contribution in [-0.2, 0) is 9.53 Å². The second-order valence-corrected chi connectivity index (χ2v) is 5.71. The Morgan fingerprint density at radius 3 is 2.58 bits per heavy atom. The van der Waals surface area contributed by atoms with E-state index in [1.807, 2.05) is 13.8 Å². The Kier molecular flexibility index (Phi) is 6.80. The SMILES string of the molecule is CCC1CC(CNCC(CC)(CC)C(=O)O)CCO1. The van der Waals surface area contributed by atoms with E-state index in [-0.39, 0.29) is 0 Å². The maximum atomic E-state index is 11.4. The van der Waals surface area contributed by atoms with Gasteiger partial charge in [-0.2, -0.15) is 0 Å². The normalized spacial score (nSPS) is 24.4. The topological polar surface area (TPSA) is 58.6 Å². The van der Waals surface area contributed by atoms with E-state index >= 15 is 0 Å². The lowest BCUT2D eigenvalue weighted by molar-refractivity contribution is -0.149. The Balaban J connectivity index is 2.37. The minimum absolute atomic E-state index is 0.391. The van der Waals surface area contributed by atoms with Crippen LogP contribution in [0.1, 0.15) is 52.9 Å². The van der Waals surface area contributed by atoms with Crippen molar-refractivity contribution in [1.29, 1.82) is 0 Å². The number of carbonyl (C=O) groups is 1. The highest BCUT2D eigenvalue weighted by molar-refractivity contribution is 5.74. The summed E-state index contributed by atoms with van der Waals surface area (Å²) in [4.78, 5) is 11.4. The van der Waals surface area contributed by atoms with E-state index in [0.29, 0.717) is 31.4 Å². The number of hydrogen-bond acceptors (Lipinski definition) is 3. The Labute approximate surface area is 116 Å². The van der Waals surface area contributed by atoms with Gasteiger partial charge in [0.15, 0.2) is 0 Å². The number of ether oxygens (including phenoxy) is 1. The van der Waals surface area contributed by atoms with Crippen LogP contribution in [0, 0.1) is 11.3 Å². The van der Waals surface area contributed by atoms with Crippen LogP contribution in [-0.4, -0.2) is 36.9 Å². The third-order valence-electron chi connectivity index (χ3n) is 4.63. The largest absolute Gasteiger partial charge is 0.481 e. The molecule has 0 aromatic heterocycles. The molecule has 4 heteroatoms. The number of carboxylic acids is 1. The van der Waals surface area contributed by atoms with Crippen LogP contribution >= 0.6 is 0 Å². The molecule has 0 saturated carbocycles. The van der Waals surface area contributed by atoms with Crippen LogP contribution in [0.25, 0.3) is 0 Å². The van der Waals surface area contributed by atoms with Crippen molar-refractivity contribution >= 4 is 5.97 Å². The lowest BCUT2D eigenvalue weighted by atomic mass is 9.82. The molecule has 2 unspecified atom stereocenters. The zero-order valence-electron chi connectivity index (χ0n) is 12.6. The van der Waals surface area contributed by atoms with Gasteiger partial charge < -0.3 is 15.2 Å². The number of nitrogens with one attached hydrogen (secondary N) is 1. The first-order valence-electron chi connectivity index (χ1n) is 7.63. The standard InChI is InChI=1S/C15H29NO3/c1-4-13-9-12(7-8-19-13)10-16-11-15(5-2,6-3)14(17)18/h12-13,16H,4-11H2,1-3H3,(H,17,18). The van der Waals surface area contributed by atoms with Crippen molar-refractivity contribution in [2.45, 2.75) is 59.0 Å². The van der Waals surface area contributed by atoms with Gasteiger partial charge in [0.1, 0.15) is 0 Å². The van der Waals surface area contributed by atoms with Crippen molar-refractivity contribution in [3.63, 3.8) is 0 Å². The first-order chi connectivity index (χ1) is 9.07. The van der Waals surface area contributed by atoms with E-state index in [1.165, 1.54) is 0 Å². The summed E-state index contributed by atoms with van der Waals surface area (Å²) in [5.41, 5.74) is -0.602. The molecular formula is C15H29NO3. The van der Waals surface area contributed by atoms with Crippen LogP contribution in [0.2, 0.25) is 0 Å². The van der Waals surface area contributed by atoms with Gasteiger partial charge in [-0.15, -0.1) is 0 Å². The highest BCUT2D eigenvalue weighted by atomic mass is 16.5. The van der Waals surface area contributed by atoms with Crippen molar-refractivity contribution in [3.8, 4) is 0 Å². The quantitative estimate of drug-likeness (QED) is 0.712. The third kappa shape index (κ3) is 4.46. The minimum atomic E-state index is -0.677. The van der Waals surface area contributed by atoms with E-state index in [4.69, 9.17) is 4.74 Å². The summed E-state index contributed by atoms with van der Waals surface area (Å²) in [6.07, 6.45) is 5.00. The average molecular weight is 271 g/mol. The molecule has 0 amide bonds. The molecule has 0 bridgehead atoms. The van der Waals surface area contributed by atoms with Crippen LogP contribution in [0.3, 0.4) is 0 Å². The molecule has 2 atom stereocenters. The van der Waals surface area contributed by atoms with Gasteiger partial charge in [0, 0.05) is 13.2 Å². The van der Waals surface area contributed by atoms with Gasteiger partial charge in [-0.1, -0.05) is 20.8 Å². The molecule has 0 radical (unpaired) electrons. The zero-order valence-corrected chi connectivity index (χ0v) is 12.6. The van der Waals surface area contributed by atoms with Gasteiger partial charge in [0.05, 0.1) is 11.5 Å². The predicted octanol–water partition coefficient (Wildman–Crippen LogP) is 2.67. The Morgan fingerprint density at radius 1 is 1.37 bits per heavy atom. The fraction of sp³-hybridized carbons (Fsp3) is 0.933. The molecule has 1 fully saturated rings. The van der Waals surface area contributed by atoms with E-state index in [2.05, 4.69) is 12.2 Å². The molecular weight excluding hydrogens is 242 g/mol. The lowest BCUT2D eigenvalue weighted by Crippen LogP contribution is -2.42. The summed E-state index contributed by atoms with van der Waals surface area (Å²) >= 11 is 0. The molecule has 112 valence electrons. The minimum Gasteiger partial charge on any atom is -0.481 e. The summed E-state index contributed by atoms with van der Waals surface area (Å²) in [5, 5.41) is 12.8. The number of carboxylic acid groups (broad SMARTS) is 1. The highest BCUT2D eigenvalue weighted by Gasteiger charge is 2.34. The second kappa shape index (κ2) is 7.85. The van der Waals surface area contributed by atoms with Gasteiger partial charge in [0.25, 0.3) is 0 Å². The fourth-order valence-electron chi connectivity index (χ4n) is 2.82. The van der Waals surface area contributed by atoms with Crippen molar-refractivity contribution in [2.24, 2.45) is 11.3 Å².